The highest BCUT2D eigenvalue weighted by atomic mass is 15.1. The van der Waals surface area contributed by atoms with Crippen LogP contribution in [0.15, 0.2) is 182 Å². The summed E-state index contributed by atoms with van der Waals surface area (Å²) >= 11 is 0. The van der Waals surface area contributed by atoms with E-state index in [0.717, 1.165) is 17.1 Å². The van der Waals surface area contributed by atoms with Crippen LogP contribution in [0.25, 0.3) is 49.7 Å². The maximum absolute atomic E-state index is 2.50. The van der Waals surface area contributed by atoms with Crippen molar-refractivity contribution in [3.63, 3.8) is 0 Å². The lowest BCUT2D eigenvalue weighted by Crippen LogP contribution is -2.26. The van der Waals surface area contributed by atoms with E-state index >= 15 is 0 Å². The van der Waals surface area contributed by atoms with Gasteiger partial charge < -0.3 is 9.47 Å². The van der Waals surface area contributed by atoms with Crippen molar-refractivity contribution in [3.05, 3.63) is 215 Å². The highest BCUT2D eigenvalue weighted by molar-refractivity contribution is 6.13. The van der Waals surface area contributed by atoms with E-state index in [-0.39, 0.29) is 5.41 Å². The maximum Gasteiger partial charge on any atom is 0.0726 e. The minimum Gasteiger partial charge on any atom is -0.310 e. The predicted octanol–water partition coefficient (Wildman–Crippen LogP) is 13.2. The molecule has 0 unspecified atom stereocenters. The Balaban J connectivity index is 1.12. The van der Waals surface area contributed by atoms with Crippen LogP contribution in [0.5, 0.6) is 0 Å². The zero-order valence-electron chi connectivity index (χ0n) is 30.2. The van der Waals surface area contributed by atoms with Gasteiger partial charge in [0.15, 0.2) is 0 Å². The van der Waals surface area contributed by atoms with Crippen LogP contribution in [0.2, 0.25) is 0 Å². The molecule has 2 aliphatic carbocycles. The topological polar surface area (TPSA) is 8.17 Å². The van der Waals surface area contributed by atoms with Crippen LogP contribution in [0, 0.1) is 0 Å². The number of para-hydroxylation sites is 3. The van der Waals surface area contributed by atoms with Crippen molar-refractivity contribution >= 4 is 38.9 Å². The summed E-state index contributed by atoms with van der Waals surface area (Å²) in [6, 6.07) is 68.1. The van der Waals surface area contributed by atoms with Crippen LogP contribution in [0.3, 0.4) is 0 Å². The third kappa shape index (κ3) is 3.60. The zero-order valence-corrected chi connectivity index (χ0v) is 30.2. The Kier molecular flexibility index (Phi) is 5.81. The van der Waals surface area contributed by atoms with Crippen LogP contribution < -0.4 is 4.90 Å². The Morgan fingerprint density at radius 1 is 0.389 bits per heavy atom. The van der Waals surface area contributed by atoms with Gasteiger partial charge in [0.2, 0.25) is 0 Å². The lowest BCUT2D eigenvalue weighted by Gasteiger charge is -2.34. The first kappa shape index (κ1) is 29.9. The van der Waals surface area contributed by atoms with Crippen molar-refractivity contribution in [2.75, 3.05) is 4.90 Å². The van der Waals surface area contributed by atoms with Gasteiger partial charge in [-0.15, -0.1) is 0 Å². The largest absolute Gasteiger partial charge is 0.310 e. The third-order valence-electron chi connectivity index (χ3n) is 12.8. The number of aromatic nitrogens is 1. The highest BCUT2D eigenvalue weighted by Crippen LogP contribution is 2.63. The summed E-state index contributed by atoms with van der Waals surface area (Å²) in [5.74, 6) is 0. The van der Waals surface area contributed by atoms with Crippen LogP contribution in [0.1, 0.15) is 47.2 Å². The molecular formula is C52H36N2. The number of nitrogens with zero attached hydrogens (tertiary/aromatic N) is 2. The van der Waals surface area contributed by atoms with E-state index < -0.39 is 5.41 Å². The molecule has 9 aromatic rings. The Morgan fingerprint density at radius 2 is 0.926 bits per heavy atom. The summed E-state index contributed by atoms with van der Waals surface area (Å²) < 4.78 is 2.50. The average molecular weight is 689 g/mol. The van der Waals surface area contributed by atoms with E-state index in [1.807, 2.05) is 0 Å². The van der Waals surface area contributed by atoms with Crippen molar-refractivity contribution in [2.24, 2.45) is 0 Å². The third-order valence-corrected chi connectivity index (χ3v) is 12.8. The molecule has 2 nitrogen and oxygen atoms in total. The molecule has 0 N–H and O–H groups in total. The maximum atomic E-state index is 2.50. The average Bonchev–Trinajstić information content (AvgIpc) is 3.83. The number of hydrogen-bond donors (Lipinski definition) is 0. The molecule has 0 amide bonds. The Bertz CT molecular complexity index is 2970. The first-order valence-corrected chi connectivity index (χ1v) is 19.0. The Labute approximate surface area is 315 Å². The second kappa shape index (κ2) is 10.5. The lowest BCUT2D eigenvalue weighted by atomic mass is 9.70. The van der Waals surface area contributed by atoms with Crippen LogP contribution >= 0.6 is 0 Å². The van der Waals surface area contributed by atoms with E-state index in [1.165, 1.54) is 83.1 Å². The quantitative estimate of drug-likeness (QED) is 0.179. The monoisotopic (exact) mass is 688 g/mol. The van der Waals surface area contributed by atoms with Gasteiger partial charge in [-0.3, -0.25) is 0 Å². The molecule has 54 heavy (non-hydrogen) atoms. The first-order valence-electron chi connectivity index (χ1n) is 19.0. The molecule has 0 atom stereocenters. The van der Waals surface area contributed by atoms with E-state index in [9.17, 15) is 0 Å². The molecule has 2 heteroatoms. The molecule has 3 aliphatic rings. The van der Waals surface area contributed by atoms with Gasteiger partial charge in [0, 0.05) is 33.2 Å². The fourth-order valence-electron chi connectivity index (χ4n) is 10.5. The first-order chi connectivity index (χ1) is 26.6. The molecule has 1 aromatic heterocycles. The van der Waals surface area contributed by atoms with Crippen molar-refractivity contribution in [1.29, 1.82) is 0 Å². The standard InChI is InChI=1S/C52H36N2/c1-51(2)45-24-12-13-26-49(45)54-48-30-28-34(31-41(48)40-20-14-25-46(51)50(40)54)53(33-15-4-3-5-16-33)35-27-29-39-38-19-8-11-23-44(38)52(47(39)32-35)42-21-9-6-17-36(42)37-18-7-10-22-43(37)52/h3-32H,1-2H3. The van der Waals surface area contributed by atoms with E-state index in [1.54, 1.807) is 0 Å². The van der Waals surface area contributed by atoms with Gasteiger partial charge in [0.05, 0.1) is 22.1 Å². The minimum absolute atomic E-state index is 0.102. The lowest BCUT2D eigenvalue weighted by molar-refractivity contribution is 0.630. The summed E-state index contributed by atoms with van der Waals surface area (Å²) in [7, 11) is 0. The van der Waals surface area contributed by atoms with Gasteiger partial charge in [0.25, 0.3) is 0 Å². The molecule has 0 radical (unpaired) electrons. The highest BCUT2D eigenvalue weighted by Gasteiger charge is 2.51. The normalized spacial score (nSPS) is 14.8. The zero-order chi connectivity index (χ0) is 35.8. The van der Waals surface area contributed by atoms with Gasteiger partial charge in [-0.25, -0.2) is 0 Å². The SMILES string of the molecule is CC1(C)c2ccccc2-n2c3ccc(N(c4ccccc4)c4ccc5c(c4)C4(c6ccccc6-c6ccccc64)c4ccccc4-5)cc3c3cccc1c32. The van der Waals surface area contributed by atoms with Gasteiger partial charge in [0.1, 0.15) is 0 Å². The summed E-state index contributed by atoms with van der Waals surface area (Å²) in [4.78, 5) is 2.45. The molecule has 1 aliphatic heterocycles. The summed E-state index contributed by atoms with van der Waals surface area (Å²) in [5.41, 5.74) is 20.2. The van der Waals surface area contributed by atoms with Crippen molar-refractivity contribution < 1.29 is 0 Å². The van der Waals surface area contributed by atoms with E-state index in [0.29, 0.717) is 0 Å². The van der Waals surface area contributed by atoms with Crippen LogP contribution in [0.4, 0.5) is 17.1 Å². The Morgan fingerprint density at radius 3 is 1.61 bits per heavy atom. The number of hydrogen-bond acceptors (Lipinski definition) is 1. The predicted molar refractivity (Wildman–Crippen MR) is 224 cm³/mol. The summed E-state index contributed by atoms with van der Waals surface area (Å²) in [6.45, 7) is 4.73. The minimum atomic E-state index is -0.402. The second-order valence-electron chi connectivity index (χ2n) is 15.7. The Hall–Kier alpha value is -6.64. The summed E-state index contributed by atoms with van der Waals surface area (Å²) in [5, 5.41) is 2.56. The molecule has 2 heterocycles. The molecule has 12 rings (SSSR count). The second-order valence-corrected chi connectivity index (χ2v) is 15.7. The molecule has 254 valence electrons. The van der Waals surface area contributed by atoms with Gasteiger partial charge in [-0.05, 0) is 104 Å². The van der Waals surface area contributed by atoms with E-state index in [4.69, 9.17) is 0 Å². The molecule has 1 spiro atoms. The smallest absolute Gasteiger partial charge is 0.0726 e. The number of rotatable bonds is 3. The van der Waals surface area contributed by atoms with Crippen LogP contribution in [-0.2, 0) is 10.8 Å². The van der Waals surface area contributed by atoms with Gasteiger partial charge >= 0.3 is 0 Å². The molecular weight excluding hydrogens is 653 g/mol. The summed E-state index contributed by atoms with van der Waals surface area (Å²) in [6.07, 6.45) is 0. The molecule has 0 fully saturated rings. The van der Waals surface area contributed by atoms with Crippen molar-refractivity contribution in [3.8, 4) is 27.9 Å². The van der Waals surface area contributed by atoms with Crippen molar-refractivity contribution in [2.45, 2.75) is 24.7 Å². The number of fused-ring (bicyclic) bond motifs is 15. The fraction of sp³-hybridized carbons (Fsp3) is 0.0769. The fourth-order valence-corrected chi connectivity index (χ4v) is 10.5. The molecule has 0 saturated carbocycles. The van der Waals surface area contributed by atoms with Gasteiger partial charge in [-0.1, -0.05) is 147 Å². The van der Waals surface area contributed by atoms with E-state index in [2.05, 4.69) is 205 Å². The van der Waals surface area contributed by atoms with Crippen LogP contribution in [-0.4, -0.2) is 4.57 Å². The number of benzene rings is 8. The van der Waals surface area contributed by atoms with Gasteiger partial charge in [-0.2, -0.15) is 0 Å². The molecule has 0 saturated heterocycles. The number of anilines is 3. The molecule has 8 aromatic carbocycles. The molecule has 0 bridgehead atoms. The van der Waals surface area contributed by atoms with Crippen molar-refractivity contribution in [1.82, 2.24) is 4.57 Å².